The Morgan fingerprint density at radius 1 is 1.50 bits per heavy atom. The van der Waals surface area contributed by atoms with Crippen molar-refractivity contribution >= 4 is 0 Å². The maximum absolute atomic E-state index is 13.4. The highest BCUT2D eigenvalue weighted by molar-refractivity contribution is 5.39. The van der Waals surface area contributed by atoms with E-state index in [1.165, 1.54) is 11.1 Å². The minimum atomic E-state index is -0.0779. The first-order chi connectivity index (χ1) is 6.74. The van der Waals surface area contributed by atoms with E-state index in [1.807, 2.05) is 13.0 Å². The molecule has 0 saturated heterocycles. The van der Waals surface area contributed by atoms with Crippen molar-refractivity contribution in [2.45, 2.75) is 32.7 Å². The Kier molecular flexibility index (Phi) is 2.55. The molecule has 0 saturated carbocycles. The largest absolute Gasteiger partial charge is 0.310 e. The van der Waals surface area contributed by atoms with Gasteiger partial charge in [0.25, 0.3) is 0 Å². The topological polar surface area (TPSA) is 12.0 Å². The normalized spacial score (nSPS) is 20.6. The van der Waals surface area contributed by atoms with E-state index in [4.69, 9.17) is 0 Å². The van der Waals surface area contributed by atoms with Gasteiger partial charge in [0, 0.05) is 6.04 Å². The first kappa shape index (κ1) is 9.66. The molecule has 1 aliphatic rings. The molecule has 1 N–H and O–H groups in total. The van der Waals surface area contributed by atoms with Gasteiger partial charge in [-0.3, -0.25) is 0 Å². The quantitative estimate of drug-likeness (QED) is 0.723. The molecule has 0 aromatic heterocycles. The van der Waals surface area contributed by atoms with Crippen LogP contribution in [0.3, 0.4) is 0 Å². The lowest BCUT2D eigenvalue weighted by atomic mass is 9.89. The number of nitrogens with one attached hydrogen (secondary N) is 1. The van der Waals surface area contributed by atoms with Crippen LogP contribution in [-0.2, 0) is 6.42 Å². The van der Waals surface area contributed by atoms with Gasteiger partial charge in [-0.15, -0.1) is 0 Å². The molecule has 2 heteroatoms. The maximum atomic E-state index is 13.4. The molecule has 1 nitrogen and oxygen atoms in total. The molecule has 0 spiro atoms. The minimum Gasteiger partial charge on any atom is -0.310 e. The van der Waals surface area contributed by atoms with Gasteiger partial charge in [-0.25, -0.2) is 4.39 Å². The Balaban J connectivity index is 2.53. The number of rotatable bonds is 1. The van der Waals surface area contributed by atoms with Crippen LogP contribution < -0.4 is 5.32 Å². The first-order valence-electron chi connectivity index (χ1n) is 5.25. The van der Waals surface area contributed by atoms with Crippen molar-refractivity contribution in [2.75, 3.05) is 6.54 Å². The van der Waals surface area contributed by atoms with Crippen molar-refractivity contribution in [3.63, 3.8) is 0 Å². The molecule has 0 aliphatic carbocycles. The Bertz CT molecular complexity index is 346. The highest BCUT2D eigenvalue weighted by atomic mass is 19.1. The average Bonchev–Trinajstić information content (AvgIpc) is 2.23. The van der Waals surface area contributed by atoms with Gasteiger partial charge in [-0.1, -0.05) is 13.0 Å². The van der Waals surface area contributed by atoms with Crippen LogP contribution >= 0.6 is 0 Å². The monoisotopic (exact) mass is 193 g/mol. The fourth-order valence-electron chi connectivity index (χ4n) is 2.29. The Hall–Kier alpha value is -0.890. The van der Waals surface area contributed by atoms with Crippen LogP contribution in [0.5, 0.6) is 0 Å². The molecular formula is C12H16FN. The second kappa shape index (κ2) is 3.70. The van der Waals surface area contributed by atoms with Gasteiger partial charge >= 0.3 is 0 Å². The van der Waals surface area contributed by atoms with Crippen molar-refractivity contribution < 1.29 is 4.39 Å². The van der Waals surface area contributed by atoms with E-state index in [0.29, 0.717) is 6.04 Å². The fourth-order valence-corrected chi connectivity index (χ4v) is 2.29. The summed E-state index contributed by atoms with van der Waals surface area (Å²) in [5.74, 6) is -0.0779. The van der Waals surface area contributed by atoms with Crippen LogP contribution in [0.15, 0.2) is 12.1 Å². The SMILES string of the molecule is CCC1NCCc2ccc(F)c(C)c21. The van der Waals surface area contributed by atoms with E-state index in [2.05, 4.69) is 12.2 Å². The Labute approximate surface area is 84.3 Å². The summed E-state index contributed by atoms with van der Waals surface area (Å²) in [5, 5.41) is 3.43. The number of fused-ring (bicyclic) bond motifs is 1. The summed E-state index contributed by atoms with van der Waals surface area (Å²) in [6.45, 7) is 5.03. The third-order valence-electron chi connectivity index (χ3n) is 3.08. The summed E-state index contributed by atoms with van der Waals surface area (Å²) in [6, 6.07) is 3.86. The molecule has 1 aromatic rings. The zero-order chi connectivity index (χ0) is 10.1. The molecule has 1 heterocycles. The second-order valence-electron chi connectivity index (χ2n) is 3.91. The zero-order valence-electron chi connectivity index (χ0n) is 8.73. The Morgan fingerprint density at radius 3 is 3.00 bits per heavy atom. The number of benzene rings is 1. The van der Waals surface area contributed by atoms with Crippen LogP contribution in [0.25, 0.3) is 0 Å². The summed E-state index contributed by atoms with van der Waals surface area (Å²) >= 11 is 0. The van der Waals surface area contributed by atoms with Gasteiger partial charge < -0.3 is 5.32 Å². The van der Waals surface area contributed by atoms with Gasteiger partial charge in [0.15, 0.2) is 0 Å². The maximum Gasteiger partial charge on any atom is 0.126 e. The van der Waals surface area contributed by atoms with Gasteiger partial charge in [0.2, 0.25) is 0 Å². The fraction of sp³-hybridized carbons (Fsp3) is 0.500. The van der Waals surface area contributed by atoms with Crippen LogP contribution in [0, 0.1) is 12.7 Å². The highest BCUT2D eigenvalue weighted by Crippen LogP contribution is 2.29. The highest BCUT2D eigenvalue weighted by Gasteiger charge is 2.21. The van der Waals surface area contributed by atoms with Crippen LogP contribution in [-0.4, -0.2) is 6.54 Å². The van der Waals surface area contributed by atoms with Gasteiger partial charge in [-0.05, 0) is 49.1 Å². The summed E-state index contributed by atoms with van der Waals surface area (Å²) in [5.41, 5.74) is 3.33. The summed E-state index contributed by atoms with van der Waals surface area (Å²) in [6.07, 6.45) is 2.05. The molecule has 1 unspecified atom stereocenters. The second-order valence-corrected chi connectivity index (χ2v) is 3.91. The van der Waals surface area contributed by atoms with Gasteiger partial charge in [-0.2, -0.15) is 0 Å². The molecule has 0 radical (unpaired) electrons. The molecule has 76 valence electrons. The summed E-state index contributed by atoms with van der Waals surface area (Å²) < 4.78 is 13.4. The third-order valence-corrected chi connectivity index (χ3v) is 3.08. The molecule has 0 amide bonds. The van der Waals surface area contributed by atoms with Crippen molar-refractivity contribution in [2.24, 2.45) is 0 Å². The van der Waals surface area contributed by atoms with Crippen LogP contribution in [0.1, 0.15) is 36.1 Å². The lowest BCUT2D eigenvalue weighted by molar-refractivity contribution is 0.483. The standard InChI is InChI=1S/C12H16FN/c1-3-11-12-8(2)10(13)5-4-9(12)6-7-14-11/h4-5,11,14H,3,6-7H2,1-2H3. The lowest BCUT2D eigenvalue weighted by Gasteiger charge is -2.28. The van der Waals surface area contributed by atoms with Crippen molar-refractivity contribution in [3.05, 3.63) is 34.6 Å². The van der Waals surface area contributed by atoms with E-state index >= 15 is 0 Å². The number of hydrogen-bond acceptors (Lipinski definition) is 1. The molecule has 1 aliphatic heterocycles. The molecule has 0 bridgehead atoms. The Morgan fingerprint density at radius 2 is 2.29 bits per heavy atom. The molecule has 1 atom stereocenters. The van der Waals surface area contributed by atoms with Crippen molar-refractivity contribution in [1.82, 2.24) is 5.32 Å². The molecular weight excluding hydrogens is 177 g/mol. The lowest BCUT2D eigenvalue weighted by Crippen LogP contribution is -2.30. The zero-order valence-corrected chi connectivity index (χ0v) is 8.73. The predicted octanol–water partition coefficient (Wildman–Crippen LogP) is 2.73. The van der Waals surface area contributed by atoms with E-state index in [-0.39, 0.29) is 5.82 Å². The van der Waals surface area contributed by atoms with Crippen molar-refractivity contribution in [1.29, 1.82) is 0 Å². The van der Waals surface area contributed by atoms with Crippen LogP contribution in [0.2, 0.25) is 0 Å². The van der Waals surface area contributed by atoms with E-state index in [0.717, 1.165) is 24.9 Å². The first-order valence-corrected chi connectivity index (χ1v) is 5.25. The van der Waals surface area contributed by atoms with E-state index in [9.17, 15) is 4.39 Å². The van der Waals surface area contributed by atoms with Gasteiger partial charge in [0.05, 0.1) is 0 Å². The minimum absolute atomic E-state index is 0.0779. The van der Waals surface area contributed by atoms with Crippen LogP contribution in [0.4, 0.5) is 4.39 Å². The van der Waals surface area contributed by atoms with Gasteiger partial charge in [0.1, 0.15) is 5.82 Å². The van der Waals surface area contributed by atoms with E-state index in [1.54, 1.807) is 6.07 Å². The molecule has 2 rings (SSSR count). The predicted molar refractivity (Wildman–Crippen MR) is 55.9 cm³/mol. The number of halogens is 1. The average molecular weight is 193 g/mol. The third kappa shape index (κ3) is 1.44. The summed E-state index contributed by atoms with van der Waals surface area (Å²) in [7, 11) is 0. The molecule has 14 heavy (non-hydrogen) atoms. The smallest absolute Gasteiger partial charge is 0.126 e. The number of hydrogen-bond donors (Lipinski definition) is 1. The molecule has 1 aromatic carbocycles. The van der Waals surface area contributed by atoms with E-state index < -0.39 is 0 Å². The van der Waals surface area contributed by atoms with Crippen molar-refractivity contribution in [3.8, 4) is 0 Å². The molecule has 0 fully saturated rings. The summed E-state index contributed by atoms with van der Waals surface area (Å²) in [4.78, 5) is 0.